The molecular weight excluding hydrogens is 653 g/mol. The highest BCUT2D eigenvalue weighted by molar-refractivity contribution is 7.90. The van der Waals surface area contributed by atoms with Crippen molar-refractivity contribution in [1.29, 1.82) is 0 Å². The van der Waals surface area contributed by atoms with Crippen molar-refractivity contribution in [3.63, 3.8) is 0 Å². The van der Waals surface area contributed by atoms with Gasteiger partial charge in [-0.2, -0.15) is 18.3 Å². The van der Waals surface area contributed by atoms with E-state index in [2.05, 4.69) is 35.3 Å². The third-order valence-corrected chi connectivity index (χ3v) is 8.40. The van der Waals surface area contributed by atoms with Gasteiger partial charge in [0.2, 0.25) is 5.95 Å². The second kappa shape index (κ2) is 13.5. The molecule has 0 bridgehead atoms. The van der Waals surface area contributed by atoms with E-state index in [9.17, 15) is 35.2 Å². The molecule has 1 aliphatic rings. The first-order chi connectivity index (χ1) is 22.2. The van der Waals surface area contributed by atoms with Gasteiger partial charge in [0.25, 0.3) is 6.43 Å². The highest BCUT2D eigenvalue weighted by Crippen LogP contribution is 2.37. The van der Waals surface area contributed by atoms with Crippen LogP contribution in [0.15, 0.2) is 54.3 Å². The number of sulfone groups is 1. The van der Waals surface area contributed by atoms with E-state index in [1.54, 1.807) is 24.1 Å². The number of alkyl halides is 5. The number of nitrogens with one attached hydrogen (secondary N) is 1. The van der Waals surface area contributed by atoms with E-state index in [1.807, 2.05) is 0 Å². The summed E-state index contributed by atoms with van der Waals surface area (Å²) in [6.45, 7) is -1.11. The summed E-state index contributed by atoms with van der Waals surface area (Å²) in [5.74, 6) is -0.0415. The molecule has 1 fully saturated rings. The van der Waals surface area contributed by atoms with Crippen molar-refractivity contribution in [2.24, 2.45) is 7.05 Å². The number of ether oxygens (including phenoxy) is 1. The zero-order valence-corrected chi connectivity index (χ0v) is 25.7. The van der Waals surface area contributed by atoms with E-state index >= 15 is 0 Å². The highest BCUT2D eigenvalue weighted by atomic mass is 32.2. The van der Waals surface area contributed by atoms with Gasteiger partial charge in [0.15, 0.2) is 22.3 Å². The van der Waals surface area contributed by atoms with Crippen molar-refractivity contribution in [3.8, 4) is 22.5 Å². The average molecular weight is 682 g/mol. The smallest absolute Gasteiger partial charge is 0.419 e. The molecule has 0 aromatic carbocycles. The molecule has 0 radical (unpaired) electrons. The van der Waals surface area contributed by atoms with E-state index in [4.69, 9.17) is 4.74 Å². The fraction of sp³-hybridized carbons (Fsp3) is 0.393. The van der Waals surface area contributed by atoms with Crippen LogP contribution in [0.25, 0.3) is 22.5 Å². The Hall–Kier alpha value is -4.81. The lowest BCUT2D eigenvalue weighted by Gasteiger charge is -2.35. The topological polar surface area (TPSA) is 158 Å². The van der Waals surface area contributed by atoms with Gasteiger partial charge in [-0.1, -0.05) is 0 Å². The highest BCUT2D eigenvalue weighted by Gasteiger charge is 2.37. The van der Waals surface area contributed by atoms with Crippen LogP contribution < -0.4 is 10.2 Å². The fourth-order valence-electron chi connectivity index (χ4n) is 5.07. The quantitative estimate of drug-likeness (QED) is 0.242. The molecule has 0 spiro atoms. The van der Waals surface area contributed by atoms with E-state index < -0.39 is 52.4 Å². The normalized spacial score (nSPS) is 17.0. The molecule has 4 aromatic rings. The number of carbonyl (C=O) groups excluding carboxylic acids is 1. The molecule has 0 unspecified atom stereocenters. The monoisotopic (exact) mass is 681 g/mol. The Kier molecular flexibility index (Phi) is 9.64. The Morgan fingerprint density at radius 2 is 1.79 bits per heavy atom. The predicted octanol–water partition coefficient (Wildman–Crippen LogP) is 4.78. The summed E-state index contributed by atoms with van der Waals surface area (Å²) in [7, 11) is -2.03. The molecule has 0 aliphatic heterocycles. The van der Waals surface area contributed by atoms with Crippen LogP contribution in [0.5, 0.6) is 0 Å². The van der Waals surface area contributed by atoms with Crippen LogP contribution in [-0.2, 0) is 27.8 Å². The first kappa shape index (κ1) is 33.6. The number of anilines is 2. The number of amides is 1. The molecular formula is C28H28F5N9O4S. The lowest BCUT2D eigenvalue weighted by atomic mass is 9.90. The van der Waals surface area contributed by atoms with Gasteiger partial charge in [-0.25, -0.2) is 36.9 Å². The molecule has 1 aliphatic carbocycles. The van der Waals surface area contributed by atoms with E-state index in [0.717, 1.165) is 24.7 Å². The Morgan fingerprint density at radius 1 is 1.04 bits per heavy atom. The molecule has 1 saturated carbocycles. The Balaban J connectivity index is 1.34. The van der Waals surface area contributed by atoms with Gasteiger partial charge in [0.05, 0.1) is 34.9 Å². The Morgan fingerprint density at radius 3 is 2.38 bits per heavy atom. The molecule has 19 heteroatoms. The van der Waals surface area contributed by atoms with Crippen LogP contribution in [0.3, 0.4) is 0 Å². The number of pyridine rings is 1. The van der Waals surface area contributed by atoms with Crippen molar-refractivity contribution in [2.75, 3.05) is 23.1 Å². The summed E-state index contributed by atoms with van der Waals surface area (Å²) >= 11 is 0. The largest absolute Gasteiger partial charge is 0.443 e. The minimum Gasteiger partial charge on any atom is -0.443 e. The SMILES string of the molecule is Cn1cc(-c2cnc(N(C(=O)OCC(F)F)[C@H]3CC[C@H](Nc4ncc(C(F)(F)F)c(-c5cncc(S(C)(=O)=O)c5)n4)CC3)cn2)cn1. The van der Waals surface area contributed by atoms with Crippen molar-refractivity contribution >= 4 is 27.7 Å². The number of halogens is 5. The summed E-state index contributed by atoms with van der Waals surface area (Å²) in [6, 6.07) is 0.197. The van der Waals surface area contributed by atoms with Gasteiger partial charge in [0.1, 0.15) is 5.56 Å². The second-order valence-corrected chi connectivity index (χ2v) is 12.8. The first-order valence-electron chi connectivity index (χ1n) is 14.1. The van der Waals surface area contributed by atoms with Gasteiger partial charge in [-0.15, -0.1) is 0 Å². The maximum absolute atomic E-state index is 13.9. The van der Waals surface area contributed by atoms with Crippen molar-refractivity contribution < 1.29 is 39.9 Å². The lowest BCUT2D eigenvalue weighted by Crippen LogP contribution is -2.45. The standard InChI is InChI=1S/C28H28F5N9O4S/c1-41-14-17(9-38-41)22-12-36-24(13-35-22)42(27(43)46-15-23(29)30)19-5-3-18(4-6-19)39-26-37-11-21(28(31,32)33)25(40-26)16-7-20(10-34-8-16)47(2,44)45/h7-14,18-19,23H,3-6,15H2,1-2H3,(H,37,39,40)/t18-,19-. The number of nitrogens with zero attached hydrogens (tertiary/aromatic N) is 8. The summed E-state index contributed by atoms with van der Waals surface area (Å²) in [6.07, 6.45) is 2.39. The van der Waals surface area contributed by atoms with Gasteiger partial charge >= 0.3 is 12.3 Å². The Bertz CT molecular complexity index is 1830. The van der Waals surface area contributed by atoms with Crippen molar-refractivity contribution in [3.05, 3.63) is 55.0 Å². The number of hydrogen-bond donors (Lipinski definition) is 1. The molecule has 4 heterocycles. The van der Waals surface area contributed by atoms with E-state index in [-0.39, 0.29) is 28.3 Å². The molecule has 13 nitrogen and oxygen atoms in total. The van der Waals surface area contributed by atoms with E-state index in [1.165, 1.54) is 17.3 Å². The predicted molar refractivity (Wildman–Crippen MR) is 157 cm³/mol. The number of hydrogen-bond acceptors (Lipinski definition) is 11. The third-order valence-electron chi connectivity index (χ3n) is 7.32. The number of carbonyl (C=O) groups is 1. The summed E-state index contributed by atoms with van der Waals surface area (Å²) in [4.78, 5) is 34.2. The molecule has 1 amide bonds. The van der Waals surface area contributed by atoms with Gasteiger partial charge in [-0.05, 0) is 31.7 Å². The molecule has 5 rings (SSSR count). The minimum atomic E-state index is -4.84. The zero-order valence-electron chi connectivity index (χ0n) is 24.9. The third kappa shape index (κ3) is 8.13. The molecule has 0 atom stereocenters. The summed E-state index contributed by atoms with van der Waals surface area (Å²) < 4.78 is 97.7. The molecule has 47 heavy (non-hydrogen) atoms. The average Bonchev–Trinajstić information content (AvgIpc) is 3.46. The molecule has 250 valence electrons. The van der Waals surface area contributed by atoms with E-state index in [0.29, 0.717) is 43.1 Å². The molecule has 1 N–H and O–H groups in total. The number of aryl methyl sites for hydroxylation is 1. The molecule has 4 aromatic heterocycles. The first-order valence-corrected chi connectivity index (χ1v) is 16.0. The maximum atomic E-state index is 13.9. The van der Waals surface area contributed by atoms with Crippen molar-refractivity contribution in [1.82, 2.24) is 34.7 Å². The van der Waals surface area contributed by atoms with Crippen LogP contribution in [-0.4, -0.2) is 80.6 Å². The summed E-state index contributed by atoms with van der Waals surface area (Å²) in [5.41, 5.74) is -0.734. The maximum Gasteiger partial charge on any atom is 0.419 e. The lowest BCUT2D eigenvalue weighted by molar-refractivity contribution is -0.137. The fourth-order valence-corrected chi connectivity index (χ4v) is 5.67. The van der Waals surface area contributed by atoms with Crippen LogP contribution in [0.2, 0.25) is 0 Å². The Labute approximate surface area is 265 Å². The summed E-state index contributed by atoms with van der Waals surface area (Å²) in [5, 5.41) is 7.09. The minimum absolute atomic E-state index is 0.0916. The van der Waals surface area contributed by atoms with Crippen LogP contribution in [0.1, 0.15) is 31.2 Å². The van der Waals surface area contributed by atoms with Crippen LogP contribution in [0.4, 0.5) is 38.5 Å². The number of aromatic nitrogens is 7. The van der Waals surface area contributed by atoms with Crippen LogP contribution >= 0.6 is 0 Å². The van der Waals surface area contributed by atoms with Gasteiger partial charge in [0, 0.05) is 61.3 Å². The second-order valence-electron chi connectivity index (χ2n) is 10.8. The van der Waals surface area contributed by atoms with Crippen LogP contribution in [0, 0.1) is 0 Å². The van der Waals surface area contributed by atoms with Crippen molar-refractivity contribution in [2.45, 2.75) is 55.3 Å². The number of rotatable bonds is 9. The molecule has 0 saturated heterocycles. The zero-order chi connectivity index (χ0) is 33.9. The van der Waals surface area contributed by atoms with Gasteiger partial charge in [-0.3, -0.25) is 19.5 Å². The van der Waals surface area contributed by atoms with Gasteiger partial charge < -0.3 is 10.1 Å².